The van der Waals surface area contributed by atoms with Crippen molar-refractivity contribution >= 4 is 11.8 Å². The van der Waals surface area contributed by atoms with Crippen LogP contribution >= 0.6 is 0 Å². The van der Waals surface area contributed by atoms with Crippen molar-refractivity contribution in [1.29, 1.82) is 0 Å². The number of carbonyl (C=O) groups is 2. The monoisotopic (exact) mass is 347 g/mol. The molecule has 1 atom stereocenters. The van der Waals surface area contributed by atoms with Gasteiger partial charge in [-0.2, -0.15) is 0 Å². The minimum absolute atomic E-state index is 0.0458. The predicted molar refractivity (Wildman–Crippen MR) is 93.8 cm³/mol. The van der Waals surface area contributed by atoms with Gasteiger partial charge in [0.15, 0.2) is 0 Å². The first-order valence-corrected chi connectivity index (χ1v) is 9.43. The van der Waals surface area contributed by atoms with Crippen LogP contribution in [0.25, 0.3) is 0 Å². The number of hydrogen-bond acceptors (Lipinski definition) is 4. The van der Waals surface area contributed by atoms with E-state index in [-0.39, 0.29) is 17.7 Å². The van der Waals surface area contributed by atoms with Gasteiger partial charge in [0.25, 0.3) is 0 Å². The van der Waals surface area contributed by atoms with Crippen LogP contribution in [0.3, 0.4) is 0 Å². The van der Waals surface area contributed by atoms with Gasteiger partial charge in [0, 0.05) is 31.6 Å². The van der Waals surface area contributed by atoms with E-state index in [1.54, 1.807) is 11.9 Å². The third-order valence-electron chi connectivity index (χ3n) is 5.73. The average molecular weight is 347 g/mol. The van der Waals surface area contributed by atoms with E-state index < -0.39 is 0 Å². The highest BCUT2D eigenvalue weighted by Crippen LogP contribution is 2.29. The first-order valence-electron chi connectivity index (χ1n) is 9.43. The van der Waals surface area contributed by atoms with Crippen LogP contribution in [-0.4, -0.2) is 46.4 Å². The van der Waals surface area contributed by atoms with Crippen LogP contribution in [0.2, 0.25) is 0 Å². The second-order valence-corrected chi connectivity index (χ2v) is 7.59. The Balaban J connectivity index is 1.61. The van der Waals surface area contributed by atoms with Gasteiger partial charge < -0.3 is 14.3 Å². The molecule has 0 aromatic carbocycles. The molecule has 0 spiro atoms. The van der Waals surface area contributed by atoms with Crippen molar-refractivity contribution in [1.82, 2.24) is 15.0 Å². The Morgan fingerprint density at radius 1 is 1.24 bits per heavy atom. The molecular formula is C19H29N3O3. The summed E-state index contributed by atoms with van der Waals surface area (Å²) in [6, 6.07) is 0.334. The standard InChI is InChI=1S/C19H29N3O3/c1-13-17(14(2)25-20-13)12-21(3)19(24)15-10-18(23)22(11-15)16-8-6-4-5-7-9-16/h15-16H,4-12H2,1-3H3/t15-/m1/s1. The molecule has 2 aliphatic rings. The quantitative estimate of drug-likeness (QED) is 0.786. The number of nitrogens with zero attached hydrogens (tertiary/aromatic N) is 3. The number of rotatable bonds is 4. The zero-order valence-corrected chi connectivity index (χ0v) is 15.6. The number of hydrogen-bond donors (Lipinski definition) is 0. The molecule has 1 aromatic heterocycles. The molecule has 2 amide bonds. The van der Waals surface area contributed by atoms with Gasteiger partial charge in [-0.1, -0.05) is 30.8 Å². The van der Waals surface area contributed by atoms with E-state index >= 15 is 0 Å². The molecule has 6 heteroatoms. The summed E-state index contributed by atoms with van der Waals surface area (Å²) in [5, 5.41) is 3.94. The molecule has 0 bridgehead atoms. The van der Waals surface area contributed by atoms with Gasteiger partial charge in [-0.05, 0) is 26.7 Å². The summed E-state index contributed by atoms with van der Waals surface area (Å²) in [7, 11) is 1.80. The highest BCUT2D eigenvalue weighted by atomic mass is 16.5. The lowest BCUT2D eigenvalue weighted by Gasteiger charge is -2.27. The number of likely N-dealkylation sites (tertiary alicyclic amines) is 1. The van der Waals surface area contributed by atoms with Crippen molar-refractivity contribution < 1.29 is 14.1 Å². The fourth-order valence-electron chi connectivity index (χ4n) is 4.17. The van der Waals surface area contributed by atoms with Gasteiger partial charge >= 0.3 is 0 Å². The molecule has 2 heterocycles. The highest BCUT2D eigenvalue weighted by molar-refractivity contribution is 5.89. The van der Waals surface area contributed by atoms with Crippen LogP contribution in [0.5, 0.6) is 0 Å². The molecule has 0 unspecified atom stereocenters. The van der Waals surface area contributed by atoms with E-state index in [9.17, 15) is 9.59 Å². The third kappa shape index (κ3) is 3.88. The van der Waals surface area contributed by atoms with E-state index in [2.05, 4.69) is 5.16 Å². The summed E-state index contributed by atoms with van der Waals surface area (Å²) < 4.78 is 5.18. The molecule has 25 heavy (non-hydrogen) atoms. The van der Waals surface area contributed by atoms with E-state index in [0.717, 1.165) is 29.9 Å². The topological polar surface area (TPSA) is 66.7 Å². The summed E-state index contributed by atoms with van der Waals surface area (Å²) in [6.07, 6.45) is 7.44. The predicted octanol–water partition coefficient (Wildman–Crippen LogP) is 2.82. The maximum atomic E-state index is 12.8. The molecule has 2 fully saturated rings. The normalized spacial score (nSPS) is 22.3. The summed E-state index contributed by atoms with van der Waals surface area (Å²) in [5.74, 6) is 0.724. The maximum absolute atomic E-state index is 12.8. The molecule has 0 radical (unpaired) electrons. The Morgan fingerprint density at radius 2 is 1.92 bits per heavy atom. The lowest BCUT2D eigenvalue weighted by atomic mass is 10.1. The summed E-state index contributed by atoms with van der Waals surface area (Å²) in [6.45, 7) is 4.81. The third-order valence-corrected chi connectivity index (χ3v) is 5.73. The van der Waals surface area contributed by atoms with Crippen LogP contribution < -0.4 is 0 Å². The molecule has 3 rings (SSSR count). The van der Waals surface area contributed by atoms with E-state index in [4.69, 9.17) is 4.52 Å². The SMILES string of the molecule is Cc1noc(C)c1CN(C)C(=O)[C@@H]1CC(=O)N(C2CCCCCC2)C1. The Hall–Kier alpha value is -1.85. The van der Waals surface area contributed by atoms with Crippen LogP contribution in [-0.2, 0) is 16.1 Å². The average Bonchev–Trinajstić information content (AvgIpc) is 2.99. The van der Waals surface area contributed by atoms with Crippen molar-refractivity contribution in [3.05, 3.63) is 17.0 Å². The summed E-state index contributed by atoms with van der Waals surface area (Å²) in [4.78, 5) is 29.0. The fraction of sp³-hybridized carbons (Fsp3) is 0.737. The number of aromatic nitrogens is 1. The lowest BCUT2D eigenvalue weighted by Crippen LogP contribution is -2.38. The van der Waals surface area contributed by atoms with E-state index in [1.165, 1.54) is 25.7 Å². The molecule has 1 aliphatic heterocycles. The molecule has 1 saturated heterocycles. The van der Waals surface area contributed by atoms with E-state index in [0.29, 0.717) is 25.6 Å². The van der Waals surface area contributed by atoms with Crippen molar-refractivity contribution in [2.24, 2.45) is 5.92 Å². The van der Waals surface area contributed by atoms with Gasteiger partial charge in [-0.25, -0.2) is 0 Å². The van der Waals surface area contributed by atoms with Gasteiger partial charge in [0.05, 0.1) is 18.2 Å². The Morgan fingerprint density at radius 3 is 2.52 bits per heavy atom. The van der Waals surface area contributed by atoms with Crippen molar-refractivity contribution in [3.63, 3.8) is 0 Å². The van der Waals surface area contributed by atoms with Crippen molar-refractivity contribution in [2.75, 3.05) is 13.6 Å². The molecule has 1 aliphatic carbocycles. The molecular weight excluding hydrogens is 318 g/mol. The van der Waals surface area contributed by atoms with E-state index in [1.807, 2.05) is 18.7 Å². The Kier molecular flexibility index (Phi) is 5.45. The Labute approximate surface area is 149 Å². The molecule has 6 nitrogen and oxygen atoms in total. The Bertz CT molecular complexity index is 612. The fourth-order valence-corrected chi connectivity index (χ4v) is 4.17. The van der Waals surface area contributed by atoms with Gasteiger partial charge in [-0.15, -0.1) is 0 Å². The van der Waals surface area contributed by atoms with Crippen molar-refractivity contribution in [3.8, 4) is 0 Å². The smallest absolute Gasteiger partial charge is 0.228 e. The first kappa shape index (κ1) is 18.0. The molecule has 0 N–H and O–H groups in total. The maximum Gasteiger partial charge on any atom is 0.228 e. The van der Waals surface area contributed by atoms with Crippen LogP contribution in [0, 0.1) is 19.8 Å². The zero-order valence-electron chi connectivity index (χ0n) is 15.6. The number of amides is 2. The van der Waals surface area contributed by atoms with Gasteiger partial charge in [0.1, 0.15) is 5.76 Å². The number of aryl methyl sites for hydroxylation is 2. The highest BCUT2D eigenvalue weighted by Gasteiger charge is 2.39. The zero-order chi connectivity index (χ0) is 18.0. The molecule has 1 saturated carbocycles. The second-order valence-electron chi connectivity index (χ2n) is 7.59. The van der Waals surface area contributed by atoms with Crippen LogP contribution in [0.15, 0.2) is 4.52 Å². The van der Waals surface area contributed by atoms with Crippen molar-refractivity contribution in [2.45, 2.75) is 71.4 Å². The van der Waals surface area contributed by atoms with Crippen LogP contribution in [0.4, 0.5) is 0 Å². The lowest BCUT2D eigenvalue weighted by molar-refractivity contribution is -0.135. The number of carbonyl (C=O) groups excluding carboxylic acids is 2. The van der Waals surface area contributed by atoms with Gasteiger partial charge in [-0.3, -0.25) is 9.59 Å². The molecule has 1 aromatic rings. The summed E-state index contributed by atoms with van der Waals surface area (Å²) in [5.41, 5.74) is 1.78. The molecule has 138 valence electrons. The van der Waals surface area contributed by atoms with Gasteiger partial charge in [0.2, 0.25) is 11.8 Å². The second kappa shape index (κ2) is 7.58. The largest absolute Gasteiger partial charge is 0.361 e. The summed E-state index contributed by atoms with van der Waals surface area (Å²) >= 11 is 0. The minimum atomic E-state index is -0.221. The van der Waals surface area contributed by atoms with Crippen LogP contribution in [0.1, 0.15) is 62.0 Å². The first-order chi connectivity index (χ1) is 12.0. The minimum Gasteiger partial charge on any atom is -0.361 e.